The van der Waals surface area contributed by atoms with Crippen molar-refractivity contribution in [1.29, 1.82) is 0 Å². The molecule has 0 spiro atoms. The first kappa shape index (κ1) is 15.6. The Labute approximate surface area is 135 Å². The number of piperidine rings is 1. The highest BCUT2D eigenvalue weighted by Gasteiger charge is 2.15. The SMILES string of the molecule is c1ccc(C(OCCN2CCCCC2)=C2CCCCC2)cc1. The Bertz CT molecular complexity index is 466. The van der Waals surface area contributed by atoms with E-state index in [9.17, 15) is 0 Å². The first-order chi connectivity index (χ1) is 10.9. The van der Waals surface area contributed by atoms with E-state index < -0.39 is 0 Å². The average Bonchev–Trinajstić information content (AvgIpc) is 2.61. The van der Waals surface area contributed by atoms with Crippen molar-refractivity contribution < 1.29 is 4.74 Å². The third kappa shape index (κ3) is 4.36. The lowest BCUT2D eigenvalue weighted by Gasteiger charge is -2.27. The maximum absolute atomic E-state index is 6.31. The van der Waals surface area contributed by atoms with E-state index in [0.717, 1.165) is 13.2 Å². The lowest BCUT2D eigenvalue weighted by Crippen LogP contribution is -2.32. The normalized spacial score (nSPS) is 19.9. The van der Waals surface area contributed by atoms with Gasteiger partial charge in [0.15, 0.2) is 0 Å². The van der Waals surface area contributed by atoms with Crippen LogP contribution in [-0.2, 0) is 4.74 Å². The summed E-state index contributed by atoms with van der Waals surface area (Å²) in [5.41, 5.74) is 2.80. The summed E-state index contributed by atoms with van der Waals surface area (Å²) in [7, 11) is 0. The van der Waals surface area contributed by atoms with Gasteiger partial charge < -0.3 is 4.74 Å². The molecule has 0 bridgehead atoms. The van der Waals surface area contributed by atoms with Gasteiger partial charge in [0, 0.05) is 12.1 Å². The second-order valence-electron chi connectivity index (χ2n) is 6.61. The van der Waals surface area contributed by atoms with Gasteiger partial charge in [-0.2, -0.15) is 0 Å². The van der Waals surface area contributed by atoms with Gasteiger partial charge in [-0.25, -0.2) is 0 Å². The molecule has 120 valence electrons. The van der Waals surface area contributed by atoms with E-state index in [2.05, 4.69) is 35.2 Å². The van der Waals surface area contributed by atoms with Crippen LogP contribution in [0, 0.1) is 0 Å². The molecule has 2 nitrogen and oxygen atoms in total. The summed E-state index contributed by atoms with van der Waals surface area (Å²) in [4.78, 5) is 2.55. The molecule has 2 heteroatoms. The fraction of sp³-hybridized carbons (Fsp3) is 0.600. The number of likely N-dealkylation sites (tertiary alicyclic amines) is 1. The predicted molar refractivity (Wildman–Crippen MR) is 92.7 cm³/mol. The van der Waals surface area contributed by atoms with Crippen molar-refractivity contribution in [1.82, 2.24) is 4.90 Å². The van der Waals surface area contributed by atoms with Crippen LogP contribution in [0.25, 0.3) is 5.76 Å². The second-order valence-corrected chi connectivity index (χ2v) is 6.61. The van der Waals surface area contributed by atoms with E-state index in [1.165, 1.54) is 81.4 Å². The minimum atomic E-state index is 0.827. The molecule has 1 aromatic carbocycles. The van der Waals surface area contributed by atoms with Gasteiger partial charge in [-0.15, -0.1) is 0 Å². The maximum atomic E-state index is 6.31. The Morgan fingerprint density at radius 3 is 2.27 bits per heavy atom. The van der Waals surface area contributed by atoms with E-state index in [0.29, 0.717) is 0 Å². The number of nitrogens with zero attached hydrogens (tertiary/aromatic N) is 1. The lowest BCUT2D eigenvalue weighted by molar-refractivity contribution is 0.168. The molecule has 0 atom stereocenters. The van der Waals surface area contributed by atoms with Crippen molar-refractivity contribution in [3.8, 4) is 0 Å². The van der Waals surface area contributed by atoms with Crippen LogP contribution in [0.3, 0.4) is 0 Å². The average molecular weight is 299 g/mol. The topological polar surface area (TPSA) is 12.5 Å². The number of allylic oxidation sites excluding steroid dienone is 1. The van der Waals surface area contributed by atoms with Crippen molar-refractivity contribution in [2.45, 2.75) is 51.4 Å². The number of benzene rings is 1. The van der Waals surface area contributed by atoms with Gasteiger partial charge in [-0.1, -0.05) is 43.2 Å². The highest BCUT2D eigenvalue weighted by Crippen LogP contribution is 2.31. The zero-order valence-corrected chi connectivity index (χ0v) is 13.7. The Morgan fingerprint density at radius 2 is 1.55 bits per heavy atom. The first-order valence-corrected chi connectivity index (χ1v) is 9.06. The van der Waals surface area contributed by atoms with Crippen molar-refractivity contribution in [3.05, 3.63) is 41.5 Å². The van der Waals surface area contributed by atoms with Crippen LogP contribution in [0.5, 0.6) is 0 Å². The van der Waals surface area contributed by atoms with E-state index in [4.69, 9.17) is 4.74 Å². The van der Waals surface area contributed by atoms with Gasteiger partial charge in [0.2, 0.25) is 0 Å². The summed E-state index contributed by atoms with van der Waals surface area (Å²) in [6.45, 7) is 4.40. The van der Waals surface area contributed by atoms with Gasteiger partial charge in [-0.3, -0.25) is 4.90 Å². The summed E-state index contributed by atoms with van der Waals surface area (Å²) < 4.78 is 6.31. The Kier molecular flexibility index (Phi) is 5.94. The van der Waals surface area contributed by atoms with Crippen molar-refractivity contribution in [2.75, 3.05) is 26.2 Å². The molecule has 22 heavy (non-hydrogen) atoms. The Hall–Kier alpha value is -1.28. The molecule has 1 aliphatic heterocycles. The summed E-state index contributed by atoms with van der Waals surface area (Å²) >= 11 is 0. The number of hydrogen-bond acceptors (Lipinski definition) is 2. The third-order valence-electron chi connectivity index (χ3n) is 4.92. The maximum Gasteiger partial charge on any atom is 0.125 e. The molecule has 2 aliphatic rings. The van der Waals surface area contributed by atoms with Crippen LogP contribution in [0.15, 0.2) is 35.9 Å². The molecule has 0 amide bonds. The fourth-order valence-corrected chi connectivity index (χ4v) is 3.64. The minimum absolute atomic E-state index is 0.827. The molecule has 1 heterocycles. The molecule has 1 aliphatic carbocycles. The molecule has 1 saturated heterocycles. The van der Waals surface area contributed by atoms with Crippen LogP contribution in [0.2, 0.25) is 0 Å². The standard InChI is InChI=1S/C20H29NO/c1-4-10-18(11-5-1)20(19-12-6-2-7-13-19)22-17-16-21-14-8-3-9-15-21/h1,4-5,10-11H,2-3,6-9,12-17H2. The molecule has 2 fully saturated rings. The predicted octanol–water partition coefficient (Wildman–Crippen LogP) is 4.86. The van der Waals surface area contributed by atoms with Crippen LogP contribution in [-0.4, -0.2) is 31.1 Å². The quantitative estimate of drug-likeness (QED) is 0.720. The minimum Gasteiger partial charge on any atom is -0.492 e. The van der Waals surface area contributed by atoms with Crippen LogP contribution in [0.4, 0.5) is 0 Å². The largest absolute Gasteiger partial charge is 0.492 e. The highest BCUT2D eigenvalue weighted by atomic mass is 16.5. The van der Waals surface area contributed by atoms with Crippen molar-refractivity contribution >= 4 is 5.76 Å². The molecule has 0 aromatic heterocycles. The Morgan fingerprint density at radius 1 is 0.864 bits per heavy atom. The van der Waals surface area contributed by atoms with Crippen LogP contribution >= 0.6 is 0 Å². The third-order valence-corrected chi connectivity index (χ3v) is 4.92. The fourth-order valence-electron chi connectivity index (χ4n) is 3.64. The number of ether oxygens (including phenoxy) is 1. The number of rotatable bonds is 5. The van der Waals surface area contributed by atoms with E-state index in [1.807, 2.05) is 0 Å². The van der Waals surface area contributed by atoms with Crippen LogP contribution < -0.4 is 0 Å². The molecule has 1 saturated carbocycles. The Balaban J connectivity index is 1.63. The molecule has 0 N–H and O–H groups in total. The zero-order valence-electron chi connectivity index (χ0n) is 13.7. The summed E-state index contributed by atoms with van der Waals surface area (Å²) in [6.07, 6.45) is 10.6. The van der Waals surface area contributed by atoms with Gasteiger partial charge in [0.05, 0.1) is 0 Å². The van der Waals surface area contributed by atoms with Crippen molar-refractivity contribution in [3.63, 3.8) is 0 Å². The zero-order chi connectivity index (χ0) is 15.0. The van der Waals surface area contributed by atoms with E-state index in [1.54, 1.807) is 0 Å². The monoisotopic (exact) mass is 299 g/mol. The van der Waals surface area contributed by atoms with Gasteiger partial charge >= 0.3 is 0 Å². The lowest BCUT2D eigenvalue weighted by atomic mass is 9.92. The molecule has 0 radical (unpaired) electrons. The molecule has 1 aromatic rings. The number of hydrogen-bond donors (Lipinski definition) is 0. The summed E-state index contributed by atoms with van der Waals surface area (Å²) in [5.74, 6) is 1.18. The first-order valence-electron chi connectivity index (χ1n) is 9.06. The summed E-state index contributed by atoms with van der Waals surface area (Å²) in [6, 6.07) is 10.7. The van der Waals surface area contributed by atoms with Gasteiger partial charge in [0.25, 0.3) is 0 Å². The summed E-state index contributed by atoms with van der Waals surface area (Å²) in [5, 5.41) is 0. The highest BCUT2D eigenvalue weighted by molar-refractivity contribution is 5.63. The van der Waals surface area contributed by atoms with Crippen molar-refractivity contribution in [2.24, 2.45) is 0 Å². The second kappa shape index (κ2) is 8.38. The molecular formula is C20H29NO. The molecular weight excluding hydrogens is 270 g/mol. The van der Waals surface area contributed by atoms with Gasteiger partial charge in [-0.05, 0) is 57.2 Å². The molecule has 3 rings (SSSR count). The molecule has 0 unspecified atom stereocenters. The smallest absolute Gasteiger partial charge is 0.125 e. The van der Waals surface area contributed by atoms with Crippen LogP contribution in [0.1, 0.15) is 56.9 Å². The van der Waals surface area contributed by atoms with E-state index in [-0.39, 0.29) is 0 Å². The van der Waals surface area contributed by atoms with Gasteiger partial charge in [0.1, 0.15) is 12.4 Å². The van der Waals surface area contributed by atoms with E-state index >= 15 is 0 Å².